The number of benzene rings is 1. The van der Waals surface area contributed by atoms with Gasteiger partial charge in [0.1, 0.15) is 24.9 Å². The molecule has 10 nitrogen and oxygen atoms in total. The van der Waals surface area contributed by atoms with Crippen LogP contribution in [0.1, 0.15) is 69.9 Å². The molecule has 3 aliphatic carbocycles. The number of hydrogen-bond acceptors (Lipinski definition) is 8. The molecule has 1 aromatic heterocycles. The third kappa shape index (κ3) is 5.37. The predicted octanol–water partition coefficient (Wildman–Crippen LogP) is 3.39. The summed E-state index contributed by atoms with van der Waals surface area (Å²) >= 11 is 0. The highest BCUT2D eigenvalue weighted by Gasteiger charge is 2.68. The molecule has 7 rings (SSSR count). The predicted molar refractivity (Wildman–Crippen MR) is 156 cm³/mol. The third-order valence-corrected chi connectivity index (χ3v) is 9.81. The van der Waals surface area contributed by atoms with Gasteiger partial charge in [0.05, 0.1) is 23.8 Å². The Hall–Kier alpha value is -3.18. The number of carbonyl (C=O) groups excluding carboxylic acids is 2. The van der Waals surface area contributed by atoms with E-state index in [0.717, 1.165) is 18.4 Å². The Balaban J connectivity index is 1.22. The van der Waals surface area contributed by atoms with Crippen LogP contribution in [-0.2, 0) is 20.5 Å². The molecule has 1 aromatic carbocycles. The molecule has 4 fully saturated rings. The Morgan fingerprint density at radius 1 is 1.07 bits per heavy atom. The van der Waals surface area contributed by atoms with Crippen LogP contribution in [-0.4, -0.2) is 65.8 Å². The molecule has 3 heterocycles. The number of aromatic nitrogens is 2. The number of ether oxygens (including phenoxy) is 2. The minimum atomic E-state index is -0.886. The van der Waals surface area contributed by atoms with Crippen molar-refractivity contribution >= 4 is 18.9 Å². The second-order valence-electron chi connectivity index (χ2n) is 13.4. The SMILES string of the molecule is CC(C)C[C@H](NC(=O)[C@H](Cc1ccc2c(c1)OCCO2)NC(=O)c1cnccn1)B1O[C@@H]2C[C@@H]3C[C@@H](C3(C)C)[C@]2(C)O1. The maximum absolute atomic E-state index is 14.0. The maximum Gasteiger partial charge on any atom is 0.481 e. The highest BCUT2D eigenvalue weighted by Crippen LogP contribution is 2.65. The van der Waals surface area contributed by atoms with Gasteiger partial charge in [0.15, 0.2) is 11.5 Å². The average Bonchev–Trinajstić information content (AvgIpc) is 3.34. The van der Waals surface area contributed by atoms with Gasteiger partial charge in [-0.1, -0.05) is 33.8 Å². The normalized spacial score (nSPS) is 28.3. The summed E-state index contributed by atoms with van der Waals surface area (Å²) in [5.41, 5.74) is 0.804. The minimum absolute atomic E-state index is 0.00992. The lowest BCUT2D eigenvalue weighted by atomic mass is 9.43. The highest BCUT2D eigenvalue weighted by molar-refractivity contribution is 6.48. The van der Waals surface area contributed by atoms with E-state index in [1.165, 1.54) is 18.6 Å². The molecule has 5 aliphatic rings. The van der Waals surface area contributed by atoms with Crippen LogP contribution >= 0.6 is 0 Å². The molecular formula is C31H41BN4O6. The molecule has 0 spiro atoms. The van der Waals surface area contributed by atoms with Crippen molar-refractivity contribution in [2.75, 3.05) is 13.2 Å². The molecule has 3 saturated carbocycles. The Kier molecular flexibility index (Phi) is 7.68. The van der Waals surface area contributed by atoms with E-state index in [1.807, 2.05) is 18.2 Å². The molecule has 2 amide bonds. The van der Waals surface area contributed by atoms with Gasteiger partial charge in [-0.15, -0.1) is 0 Å². The van der Waals surface area contributed by atoms with Gasteiger partial charge in [-0.2, -0.15) is 0 Å². The number of carbonyl (C=O) groups is 2. The van der Waals surface area contributed by atoms with E-state index in [-0.39, 0.29) is 47.0 Å². The van der Waals surface area contributed by atoms with Gasteiger partial charge in [-0.05, 0) is 67.1 Å². The summed E-state index contributed by atoms with van der Waals surface area (Å²) < 4.78 is 24.7. The van der Waals surface area contributed by atoms with E-state index in [1.54, 1.807) is 0 Å². The van der Waals surface area contributed by atoms with Crippen LogP contribution in [0.25, 0.3) is 0 Å². The van der Waals surface area contributed by atoms with E-state index < -0.39 is 19.1 Å². The van der Waals surface area contributed by atoms with Crippen molar-refractivity contribution < 1.29 is 28.4 Å². The first-order valence-corrected chi connectivity index (χ1v) is 15.1. The van der Waals surface area contributed by atoms with Gasteiger partial charge < -0.3 is 29.4 Å². The maximum atomic E-state index is 14.0. The van der Waals surface area contributed by atoms with Gasteiger partial charge in [-0.25, -0.2) is 4.98 Å². The summed E-state index contributed by atoms with van der Waals surface area (Å²) in [5.74, 6) is 1.46. The van der Waals surface area contributed by atoms with Crippen molar-refractivity contribution in [1.82, 2.24) is 20.6 Å². The fraction of sp³-hybridized carbons (Fsp3) is 0.613. The van der Waals surface area contributed by atoms with Crippen molar-refractivity contribution in [1.29, 1.82) is 0 Å². The minimum Gasteiger partial charge on any atom is -0.486 e. The van der Waals surface area contributed by atoms with Crippen LogP contribution in [0.3, 0.4) is 0 Å². The van der Waals surface area contributed by atoms with E-state index in [9.17, 15) is 9.59 Å². The zero-order valence-corrected chi connectivity index (χ0v) is 25.1. The number of fused-ring (bicyclic) bond motifs is 1. The standard InChI is InChI=1S/C31H41BN4O6/c1-18(2)12-27(32-41-26-16-20-15-25(30(20,3)4)31(26,5)42-32)36-28(37)21(35-29(38)22-17-33-8-9-34-22)13-19-6-7-23-24(14-19)40-11-10-39-23/h6-9,14,17-18,20-21,25-27H,10-13,15-16H2,1-5H3,(H,35,38)(H,36,37)/t20-,21-,25-,26+,27-,31-/m0/s1. The summed E-state index contributed by atoms with van der Waals surface area (Å²) in [6.07, 6.45) is 7.38. The highest BCUT2D eigenvalue weighted by atomic mass is 16.7. The fourth-order valence-electron chi connectivity index (χ4n) is 7.41. The van der Waals surface area contributed by atoms with Crippen molar-refractivity contribution in [2.24, 2.45) is 23.2 Å². The van der Waals surface area contributed by atoms with Crippen LogP contribution in [0.2, 0.25) is 0 Å². The largest absolute Gasteiger partial charge is 0.486 e. The molecule has 42 heavy (non-hydrogen) atoms. The molecule has 2 aromatic rings. The van der Waals surface area contributed by atoms with Crippen molar-refractivity contribution in [2.45, 2.75) is 84.0 Å². The van der Waals surface area contributed by atoms with Crippen molar-refractivity contribution in [3.05, 3.63) is 48.0 Å². The summed E-state index contributed by atoms with van der Waals surface area (Å²) in [6, 6.07) is 4.69. The lowest BCUT2D eigenvalue weighted by molar-refractivity contribution is -0.199. The Labute approximate surface area is 247 Å². The van der Waals surface area contributed by atoms with E-state index in [2.05, 4.69) is 55.2 Å². The molecule has 2 bridgehead atoms. The second kappa shape index (κ2) is 11.2. The van der Waals surface area contributed by atoms with Crippen LogP contribution in [0.15, 0.2) is 36.8 Å². The molecule has 1 saturated heterocycles. The van der Waals surface area contributed by atoms with E-state index in [4.69, 9.17) is 18.8 Å². The quantitative estimate of drug-likeness (QED) is 0.436. The summed E-state index contributed by atoms with van der Waals surface area (Å²) in [4.78, 5) is 35.2. The molecule has 2 N–H and O–H groups in total. The lowest BCUT2D eigenvalue weighted by Gasteiger charge is -2.64. The fourth-order valence-corrected chi connectivity index (χ4v) is 7.41. The number of rotatable bonds is 9. The first-order valence-electron chi connectivity index (χ1n) is 15.1. The Morgan fingerprint density at radius 2 is 1.86 bits per heavy atom. The van der Waals surface area contributed by atoms with Crippen LogP contribution < -0.4 is 20.1 Å². The smallest absolute Gasteiger partial charge is 0.481 e. The molecule has 0 radical (unpaired) electrons. The van der Waals surface area contributed by atoms with Gasteiger partial charge in [0, 0.05) is 18.8 Å². The number of hydrogen-bond donors (Lipinski definition) is 2. The van der Waals surface area contributed by atoms with Crippen LogP contribution in [0.5, 0.6) is 11.5 Å². The topological polar surface area (TPSA) is 121 Å². The first kappa shape index (κ1) is 28.9. The second-order valence-corrected chi connectivity index (χ2v) is 13.4. The lowest BCUT2D eigenvalue weighted by Crippen LogP contribution is -2.65. The average molecular weight is 577 g/mol. The summed E-state index contributed by atoms with van der Waals surface area (Å²) in [6.45, 7) is 12.0. The van der Waals surface area contributed by atoms with Gasteiger partial charge in [0.2, 0.25) is 5.91 Å². The zero-order valence-electron chi connectivity index (χ0n) is 25.1. The summed E-state index contributed by atoms with van der Waals surface area (Å²) in [7, 11) is -0.563. The zero-order chi connectivity index (χ0) is 29.6. The van der Waals surface area contributed by atoms with Gasteiger partial charge >= 0.3 is 7.12 Å². The van der Waals surface area contributed by atoms with Crippen molar-refractivity contribution in [3.63, 3.8) is 0 Å². The molecule has 224 valence electrons. The molecule has 0 unspecified atom stereocenters. The van der Waals surface area contributed by atoms with Gasteiger partial charge in [-0.3, -0.25) is 14.6 Å². The van der Waals surface area contributed by atoms with Crippen LogP contribution in [0.4, 0.5) is 0 Å². The molecule has 11 heteroatoms. The third-order valence-electron chi connectivity index (χ3n) is 9.81. The van der Waals surface area contributed by atoms with E-state index >= 15 is 0 Å². The van der Waals surface area contributed by atoms with Crippen LogP contribution in [0, 0.1) is 23.2 Å². The monoisotopic (exact) mass is 576 g/mol. The molecule has 6 atom stereocenters. The van der Waals surface area contributed by atoms with E-state index in [0.29, 0.717) is 43.0 Å². The number of amides is 2. The van der Waals surface area contributed by atoms with Crippen molar-refractivity contribution in [3.8, 4) is 11.5 Å². The first-order chi connectivity index (χ1) is 20.0. The summed E-state index contributed by atoms with van der Waals surface area (Å²) in [5, 5.41) is 6.10. The Morgan fingerprint density at radius 3 is 2.57 bits per heavy atom. The Bertz CT molecular complexity index is 1330. The van der Waals surface area contributed by atoms with Gasteiger partial charge in [0.25, 0.3) is 5.91 Å². The number of nitrogens with one attached hydrogen (secondary N) is 2. The molecular weight excluding hydrogens is 535 g/mol. The number of nitrogens with zero attached hydrogens (tertiary/aromatic N) is 2. The molecule has 2 aliphatic heterocycles.